The zero-order valence-corrected chi connectivity index (χ0v) is 20.0. The lowest BCUT2D eigenvalue weighted by molar-refractivity contribution is -0.141. The summed E-state index contributed by atoms with van der Waals surface area (Å²) in [6.45, 7) is 4.77. The number of nitrogens with one attached hydrogen (secondary N) is 3. The maximum Gasteiger partial charge on any atom is 0.433 e. The fourth-order valence-corrected chi connectivity index (χ4v) is 4.78. The molecule has 0 atom stereocenters. The monoisotopic (exact) mass is 506 g/mol. The quantitative estimate of drug-likeness (QED) is 0.440. The standard InChI is InChI=1S/C23H25F3N6O2S/c1-13-7-9-32(10-8-13)20-15(3-6-19(31-20)23(24,25)26)12-27-21(34)29-16-4-5-17-18(11-16)35-22(30-17)28-14(2)33/h3-6,11,13H,7-10,12H2,1-2H3,(H2,27,29,34)(H,28,30,33). The van der Waals surface area contributed by atoms with Crippen LogP contribution < -0.4 is 20.9 Å². The fraction of sp³-hybridized carbons (Fsp3) is 0.391. The van der Waals surface area contributed by atoms with Gasteiger partial charge < -0.3 is 20.9 Å². The van der Waals surface area contributed by atoms with Gasteiger partial charge in [0.25, 0.3) is 0 Å². The highest BCUT2D eigenvalue weighted by molar-refractivity contribution is 7.22. The Morgan fingerprint density at radius 2 is 1.86 bits per heavy atom. The van der Waals surface area contributed by atoms with E-state index in [9.17, 15) is 22.8 Å². The van der Waals surface area contributed by atoms with Crippen LogP contribution in [-0.4, -0.2) is 35.0 Å². The number of fused-ring (bicyclic) bond motifs is 1. The molecule has 0 radical (unpaired) electrons. The summed E-state index contributed by atoms with van der Waals surface area (Å²) in [7, 11) is 0. The van der Waals surface area contributed by atoms with Gasteiger partial charge in [-0.1, -0.05) is 24.3 Å². The van der Waals surface area contributed by atoms with Gasteiger partial charge in [0, 0.05) is 37.8 Å². The molecule has 4 rings (SSSR count). The van der Waals surface area contributed by atoms with Gasteiger partial charge in [-0.25, -0.2) is 14.8 Å². The van der Waals surface area contributed by atoms with Crippen LogP contribution >= 0.6 is 11.3 Å². The van der Waals surface area contributed by atoms with Crippen LogP contribution in [0.3, 0.4) is 0 Å². The van der Waals surface area contributed by atoms with Gasteiger partial charge in [-0.2, -0.15) is 13.2 Å². The number of carbonyl (C=O) groups excluding carboxylic acids is 2. The number of anilines is 3. The molecule has 1 aliphatic rings. The Morgan fingerprint density at radius 3 is 2.54 bits per heavy atom. The number of rotatable bonds is 5. The minimum absolute atomic E-state index is 0.0217. The number of aromatic nitrogens is 2. The van der Waals surface area contributed by atoms with E-state index in [2.05, 4.69) is 32.8 Å². The number of piperidine rings is 1. The molecular formula is C23H25F3N6O2S. The molecule has 1 aliphatic heterocycles. The molecular weight excluding hydrogens is 481 g/mol. The number of thiazole rings is 1. The maximum absolute atomic E-state index is 13.3. The summed E-state index contributed by atoms with van der Waals surface area (Å²) >= 11 is 1.28. The van der Waals surface area contributed by atoms with Crippen molar-refractivity contribution in [3.05, 3.63) is 41.6 Å². The number of benzene rings is 1. The largest absolute Gasteiger partial charge is 0.433 e. The van der Waals surface area contributed by atoms with Crippen LogP contribution in [0.4, 0.5) is 34.6 Å². The van der Waals surface area contributed by atoms with Gasteiger partial charge >= 0.3 is 12.2 Å². The third-order valence-corrected chi connectivity index (χ3v) is 6.63. The normalized spacial score (nSPS) is 14.7. The molecule has 3 heterocycles. The topological polar surface area (TPSA) is 99.2 Å². The predicted molar refractivity (Wildman–Crippen MR) is 130 cm³/mol. The van der Waals surface area contributed by atoms with Gasteiger partial charge in [0.05, 0.1) is 10.2 Å². The molecule has 3 N–H and O–H groups in total. The van der Waals surface area contributed by atoms with E-state index >= 15 is 0 Å². The second kappa shape index (κ2) is 10.1. The van der Waals surface area contributed by atoms with E-state index in [1.165, 1.54) is 24.3 Å². The Morgan fingerprint density at radius 1 is 1.11 bits per heavy atom. The lowest BCUT2D eigenvalue weighted by Crippen LogP contribution is -2.35. The van der Waals surface area contributed by atoms with E-state index in [1.807, 2.05) is 4.90 Å². The molecule has 1 saturated heterocycles. The van der Waals surface area contributed by atoms with E-state index in [0.717, 1.165) is 23.6 Å². The zero-order valence-electron chi connectivity index (χ0n) is 19.2. The highest BCUT2D eigenvalue weighted by Crippen LogP contribution is 2.32. The summed E-state index contributed by atoms with van der Waals surface area (Å²) in [4.78, 5) is 33.8. The van der Waals surface area contributed by atoms with Crippen molar-refractivity contribution in [2.45, 2.75) is 39.4 Å². The Labute approximate surface area is 203 Å². The van der Waals surface area contributed by atoms with Crippen molar-refractivity contribution in [1.29, 1.82) is 0 Å². The van der Waals surface area contributed by atoms with Crippen LogP contribution in [0.5, 0.6) is 0 Å². The first-order valence-corrected chi connectivity index (χ1v) is 12.0. The number of urea groups is 1. The first-order valence-electron chi connectivity index (χ1n) is 11.1. The van der Waals surface area contributed by atoms with E-state index in [4.69, 9.17) is 0 Å². The molecule has 0 saturated carbocycles. The van der Waals surface area contributed by atoms with Crippen molar-refractivity contribution in [2.75, 3.05) is 28.6 Å². The van der Waals surface area contributed by atoms with Gasteiger partial charge in [0.1, 0.15) is 11.5 Å². The summed E-state index contributed by atoms with van der Waals surface area (Å²) in [5.74, 6) is 0.538. The van der Waals surface area contributed by atoms with Crippen molar-refractivity contribution >= 4 is 50.1 Å². The minimum atomic E-state index is -4.55. The van der Waals surface area contributed by atoms with E-state index in [-0.39, 0.29) is 18.3 Å². The van der Waals surface area contributed by atoms with Crippen molar-refractivity contribution in [3.63, 3.8) is 0 Å². The molecule has 35 heavy (non-hydrogen) atoms. The van der Waals surface area contributed by atoms with E-state index in [1.54, 1.807) is 18.2 Å². The molecule has 0 spiro atoms. The van der Waals surface area contributed by atoms with Crippen molar-refractivity contribution in [2.24, 2.45) is 5.92 Å². The molecule has 186 valence electrons. The van der Waals surface area contributed by atoms with Gasteiger partial charge in [-0.15, -0.1) is 0 Å². The lowest BCUT2D eigenvalue weighted by atomic mass is 9.99. The second-order valence-electron chi connectivity index (χ2n) is 8.54. The van der Waals surface area contributed by atoms with E-state index < -0.39 is 17.9 Å². The average Bonchev–Trinajstić information content (AvgIpc) is 3.18. The van der Waals surface area contributed by atoms with Crippen molar-refractivity contribution in [3.8, 4) is 0 Å². The number of carbonyl (C=O) groups is 2. The van der Waals surface area contributed by atoms with E-state index in [0.29, 0.717) is 40.9 Å². The third-order valence-electron chi connectivity index (χ3n) is 5.70. The smallest absolute Gasteiger partial charge is 0.356 e. The maximum atomic E-state index is 13.3. The molecule has 2 aromatic heterocycles. The molecule has 0 unspecified atom stereocenters. The molecule has 3 aromatic rings. The zero-order chi connectivity index (χ0) is 25.2. The Balaban J connectivity index is 1.45. The Kier molecular flexibility index (Phi) is 7.10. The summed E-state index contributed by atoms with van der Waals surface area (Å²) in [6, 6.07) is 6.94. The van der Waals surface area contributed by atoms with Crippen molar-refractivity contribution < 1.29 is 22.8 Å². The number of alkyl halides is 3. The highest BCUT2D eigenvalue weighted by Gasteiger charge is 2.34. The number of hydrogen-bond acceptors (Lipinski definition) is 6. The third kappa shape index (κ3) is 6.18. The van der Waals surface area contributed by atoms with Crippen LogP contribution in [0.15, 0.2) is 30.3 Å². The first kappa shape index (κ1) is 24.7. The number of nitrogens with zero attached hydrogens (tertiary/aromatic N) is 3. The van der Waals surface area contributed by atoms with Crippen molar-refractivity contribution in [1.82, 2.24) is 15.3 Å². The second-order valence-corrected chi connectivity index (χ2v) is 9.57. The van der Waals surface area contributed by atoms with Crippen LogP contribution in [0.2, 0.25) is 0 Å². The highest BCUT2D eigenvalue weighted by atomic mass is 32.1. The molecule has 1 fully saturated rings. The summed E-state index contributed by atoms with van der Waals surface area (Å²) in [6.07, 6.45) is -2.81. The molecule has 3 amide bonds. The van der Waals surface area contributed by atoms with Gasteiger partial charge in [0.15, 0.2) is 5.13 Å². The number of pyridine rings is 1. The molecule has 1 aromatic carbocycles. The lowest BCUT2D eigenvalue weighted by Gasteiger charge is -2.33. The number of amides is 3. The van der Waals surface area contributed by atoms with Gasteiger partial charge in [-0.3, -0.25) is 4.79 Å². The molecule has 0 bridgehead atoms. The number of hydrogen-bond donors (Lipinski definition) is 3. The van der Waals surface area contributed by atoms with Crippen LogP contribution in [-0.2, 0) is 17.5 Å². The summed E-state index contributed by atoms with van der Waals surface area (Å²) in [5.41, 5.74) is 0.765. The Hall–Kier alpha value is -3.41. The predicted octanol–water partition coefficient (Wildman–Crippen LogP) is 5.23. The minimum Gasteiger partial charge on any atom is -0.356 e. The molecule has 12 heteroatoms. The SMILES string of the molecule is CC(=O)Nc1nc2ccc(NC(=O)NCc3ccc(C(F)(F)F)nc3N3CCC(C)CC3)cc2s1. The summed E-state index contributed by atoms with van der Waals surface area (Å²) < 4.78 is 40.6. The number of halogens is 3. The van der Waals surface area contributed by atoms with Gasteiger partial charge in [0.2, 0.25) is 5.91 Å². The van der Waals surface area contributed by atoms with Gasteiger partial charge in [-0.05, 0) is 43.0 Å². The average molecular weight is 507 g/mol. The molecule has 8 nitrogen and oxygen atoms in total. The first-order chi connectivity index (χ1) is 16.6. The Bertz CT molecular complexity index is 1240. The van der Waals surface area contributed by atoms with Crippen LogP contribution in [0, 0.1) is 5.92 Å². The van der Waals surface area contributed by atoms with Crippen LogP contribution in [0.25, 0.3) is 10.2 Å². The molecule has 0 aliphatic carbocycles. The van der Waals surface area contributed by atoms with Crippen LogP contribution in [0.1, 0.15) is 37.9 Å². The summed E-state index contributed by atoms with van der Waals surface area (Å²) in [5, 5.41) is 8.52. The fourth-order valence-electron chi connectivity index (χ4n) is 3.82.